The van der Waals surface area contributed by atoms with Gasteiger partial charge in [0.1, 0.15) is 0 Å². The van der Waals surface area contributed by atoms with Crippen molar-refractivity contribution in [2.75, 3.05) is 14.2 Å². The first-order valence-corrected chi connectivity index (χ1v) is 19.7. The fraction of sp³-hybridized carbons (Fsp3) is 0.185. The van der Waals surface area contributed by atoms with Gasteiger partial charge in [-0.1, -0.05) is 97.1 Å². The van der Waals surface area contributed by atoms with Gasteiger partial charge in [-0.25, -0.2) is 9.59 Å². The molecule has 4 heteroatoms. The lowest BCUT2D eigenvalue weighted by molar-refractivity contribution is 0.0592. The predicted octanol–water partition coefficient (Wildman–Crippen LogP) is 13.7. The lowest BCUT2D eigenvalue weighted by atomic mass is 9.86. The third kappa shape index (κ3) is 7.63. The van der Waals surface area contributed by atoms with Gasteiger partial charge in [-0.05, 0) is 191 Å². The minimum Gasteiger partial charge on any atom is -0.465 e. The minimum atomic E-state index is -0.329. The Morgan fingerprint density at radius 3 is 0.672 bits per heavy atom. The molecule has 0 bridgehead atoms. The van der Waals surface area contributed by atoms with E-state index < -0.39 is 0 Å². The SMILES string of the molecule is COC(=O)c1ccc(-c2cc(C)c(-c3cc(C)c(-c4ccc(-c5cc(C)c(-c6cc(C)c(-c7ccc(C(=O)OC)cc7)cc6C)cc5C)cc4)cc3C)cc2C)cc1. The molecule has 290 valence electrons. The average Bonchev–Trinajstić information content (AvgIpc) is 3.23. The Labute approximate surface area is 343 Å². The van der Waals surface area contributed by atoms with Gasteiger partial charge < -0.3 is 9.47 Å². The standard InChI is InChI=1S/C54H50O4/c1-31-27-49(51-29-33(3)47(25-37(51)7)41-15-19-43(20-16-41)53(55)57-9)35(5)23-45(31)39-11-13-40(14-12-39)46-24-36(6)50(28-32(46)2)52-30-34(4)48(26-38(52)8)42-17-21-44(22-18-42)54(56)58-10/h11-30H,1-10H3. The fourth-order valence-corrected chi connectivity index (χ4v) is 8.31. The summed E-state index contributed by atoms with van der Waals surface area (Å²) in [4.78, 5) is 23.9. The third-order valence-corrected chi connectivity index (χ3v) is 11.6. The van der Waals surface area contributed by atoms with E-state index in [1.807, 2.05) is 48.5 Å². The molecule has 0 aromatic heterocycles. The second-order valence-corrected chi connectivity index (χ2v) is 15.6. The first-order chi connectivity index (χ1) is 27.8. The van der Waals surface area contributed by atoms with Crippen molar-refractivity contribution in [2.24, 2.45) is 0 Å². The van der Waals surface area contributed by atoms with Gasteiger partial charge in [0.05, 0.1) is 25.3 Å². The topological polar surface area (TPSA) is 52.6 Å². The number of methoxy groups -OCH3 is 2. The summed E-state index contributed by atoms with van der Waals surface area (Å²) in [5.41, 5.74) is 25.1. The molecule has 0 unspecified atom stereocenters. The normalized spacial score (nSPS) is 11.1. The van der Waals surface area contributed by atoms with Crippen LogP contribution in [-0.4, -0.2) is 26.2 Å². The largest absolute Gasteiger partial charge is 0.465 e. The number of carbonyl (C=O) groups is 2. The quantitative estimate of drug-likeness (QED) is 0.145. The van der Waals surface area contributed by atoms with E-state index in [1.54, 1.807) is 0 Å². The highest BCUT2D eigenvalue weighted by Crippen LogP contribution is 2.39. The number of benzene rings is 7. The van der Waals surface area contributed by atoms with E-state index in [1.165, 1.54) is 103 Å². The summed E-state index contributed by atoms with van der Waals surface area (Å²) in [6.07, 6.45) is 0. The molecule has 7 rings (SSSR count). The van der Waals surface area contributed by atoms with Crippen molar-refractivity contribution in [3.8, 4) is 66.8 Å². The van der Waals surface area contributed by atoms with Crippen LogP contribution in [-0.2, 0) is 9.47 Å². The Morgan fingerprint density at radius 1 is 0.293 bits per heavy atom. The van der Waals surface area contributed by atoms with Crippen molar-refractivity contribution in [2.45, 2.75) is 55.4 Å². The Hall–Kier alpha value is -6.52. The molecular weight excluding hydrogens is 713 g/mol. The van der Waals surface area contributed by atoms with Crippen LogP contribution in [0.4, 0.5) is 0 Å². The molecule has 4 nitrogen and oxygen atoms in total. The van der Waals surface area contributed by atoms with Crippen molar-refractivity contribution < 1.29 is 19.1 Å². The third-order valence-electron chi connectivity index (χ3n) is 11.6. The summed E-state index contributed by atoms with van der Waals surface area (Å²) < 4.78 is 9.75. The van der Waals surface area contributed by atoms with Gasteiger partial charge in [-0.3, -0.25) is 0 Å². The van der Waals surface area contributed by atoms with Crippen LogP contribution >= 0.6 is 0 Å². The van der Waals surface area contributed by atoms with Gasteiger partial charge >= 0.3 is 11.9 Å². The fourth-order valence-electron chi connectivity index (χ4n) is 8.31. The van der Waals surface area contributed by atoms with Crippen molar-refractivity contribution in [1.82, 2.24) is 0 Å². The first kappa shape index (κ1) is 39.7. The van der Waals surface area contributed by atoms with Crippen molar-refractivity contribution in [3.63, 3.8) is 0 Å². The van der Waals surface area contributed by atoms with E-state index in [0.717, 1.165) is 22.3 Å². The summed E-state index contributed by atoms with van der Waals surface area (Å²) in [5.74, 6) is -0.659. The zero-order chi connectivity index (χ0) is 41.4. The Bertz CT molecular complexity index is 2530. The summed E-state index contributed by atoms with van der Waals surface area (Å²) in [5, 5.41) is 0. The summed E-state index contributed by atoms with van der Waals surface area (Å²) in [7, 11) is 2.80. The predicted molar refractivity (Wildman–Crippen MR) is 240 cm³/mol. The minimum absolute atomic E-state index is 0.329. The first-order valence-electron chi connectivity index (χ1n) is 19.7. The molecule has 7 aromatic carbocycles. The molecule has 0 amide bonds. The number of ether oxygens (including phenoxy) is 2. The van der Waals surface area contributed by atoms with E-state index >= 15 is 0 Å². The molecular formula is C54H50O4. The second kappa shape index (κ2) is 16.1. The zero-order valence-corrected chi connectivity index (χ0v) is 35.2. The van der Waals surface area contributed by atoms with Crippen LogP contribution in [0.1, 0.15) is 65.2 Å². The van der Waals surface area contributed by atoms with Gasteiger partial charge in [0.25, 0.3) is 0 Å². The molecule has 0 heterocycles. The number of hydrogen-bond acceptors (Lipinski definition) is 4. The molecule has 58 heavy (non-hydrogen) atoms. The molecule has 7 aromatic rings. The van der Waals surface area contributed by atoms with Crippen LogP contribution in [0.25, 0.3) is 66.8 Å². The van der Waals surface area contributed by atoms with Crippen molar-refractivity contribution in [3.05, 3.63) is 177 Å². The second-order valence-electron chi connectivity index (χ2n) is 15.6. The Morgan fingerprint density at radius 2 is 0.466 bits per heavy atom. The van der Waals surface area contributed by atoms with Crippen molar-refractivity contribution >= 4 is 11.9 Å². The van der Waals surface area contributed by atoms with Gasteiger partial charge in [-0.15, -0.1) is 0 Å². The van der Waals surface area contributed by atoms with Gasteiger partial charge in [-0.2, -0.15) is 0 Å². The maximum atomic E-state index is 12.0. The van der Waals surface area contributed by atoms with E-state index in [0.29, 0.717) is 11.1 Å². The number of esters is 2. The molecule has 0 aliphatic rings. The van der Waals surface area contributed by atoms with Gasteiger partial charge in [0.15, 0.2) is 0 Å². The van der Waals surface area contributed by atoms with Crippen molar-refractivity contribution in [1.29, 1.82) is 0 Å². The zero-order valence-electron chi connectivity index (χ0n) is 35.2. The van der Waals surface area contributed by atoms with Crippen LogP contribution < -0.4 is 0 Å². The molecule has 0 radical (unpaired) electrons. The highest BCUT2D eigenvalue weighted by molar-refractivity contribution is 5.91. The molecule has 0 aliphatic heterocycles. The molecule has 0 atom stereocenters. The van der Waals surface area contributed by atoms with Crippen LogP contribution in [0.5, 0.6) is 0 Å². The number of rotatable bonds is 8. The van der Waals surface area contributed by atoms with Gasteiger partial charge in [0.2, 0.25) is 0 Å². The summed E-state index contributed by atoms with van der Waals surface area (Å²) in [6.45, 7) is 17.5. The smallest absolute Gasteiger partial charge is 0.337 e. The maximum Gasteiger partial charge on any atom is 0.337 e. The molecule has 0 spiro atoms. The lowest BCUT2D eigenvalue weighted by Gasteiger charge is -2.18. The maximum absolute atomic E-state index is 12.0. The molecule has 0 fully saturated rings. The monoisotopic (exact) mass is 762 g/mol. The summed E-state index contributed by atoms with van der Waals surface area (Å²) in [6, 6.07) is 42.6. The Kier molecular flexibility index (Phi) is 11.1. The highest BCUT2D eigenvalue weighted by atomic mass is 16.5. The molecule has 0 N–H and O–H groups in total. The van der Waals surface area contributed by atoms with E-state index in [9.17, 15) is 9.59 Å². The average molecular weight is 763 g/mol. The van der Waals surface area contributed by atoms with Crippen LogP contribution in [0.15, 0.2) is 121 Å². The molecule has 0 saturated carbocycles. The van der Waals surface area contributed by atoms with E-state index in [4.69, 9.17) is 9.47 Å². The van der Waals surface area contributed by atoms with Crippen LogP contribution in [0, 0.1) is 55.4 Å². The van der Waals surface area contributed by atoms with Crippen LogP contribution in [0.3, 0.4) is 0 Å². The molecule has 0 aliphatic carbocycles. The lowest BCUT2D eigenvalue weighted by Crippen LogP contribution is -2.00. The van der Waals surface area contributed by atoms with E-state index in [2.05, 4.69) is 128 Å². The number of hydrogen-bond donors (Lipinski definition) is 0. The summed E-state index contributed by atoms with van der Waals surface area (Å²) >= 11 is 0. The molecule has 0 saturated heterocycles. The van der Waals surface area contributed by atoms with E-state index in [-0.39, 0.29) is 11.9 Å². The number of carbonyl (C=O) groups excluding carboxylic acids is 2. The Balaban J connectivity index is 1.13. The number of aryl methyl sites for hydroxylation is 8. The highest BCUT2D eigenvalue weighted by Gasteiger charge is 2.17. The van der Waals surface area contributed by atoms with Crippen LogP contribution in [0.2, 0.25) is 0 Å². The van der Waals surface area contributed by atoms with Gasteiger partial charge in [0, 0.05) is 0 Å².